The number of rotatable bonds is 2. The predicted molar refractivity (Wildman–Crippen MR) is 78.0 cm³/mol. The topological polar surface area (TPSA) is 47.2 Å². The van der Waals surface area contributed by atoms with Gasteiger partial charge in [-0.25, -0.2) is 4.85 Å². The fraction of sp³-hybridized carbons (Fsp3) is 0.500. The molecule has 2 heterocycles. The van der Waals surface area contributed by atoms with Gasteiger partial charge in [-0.15, -0.1) is 0 Å². The third kappa shape index (κ3) is 2.47. The van der Waals surface area contributed by atoms with Gasteiger partial charge in [0.15, 0.2) is 0 Å². The van der Waals surface area contributed by atoms with E-state index in [-0.39, 0.29) is 0 Å². The highest BCUT2D eigenvalue weighted by Gasteiger charge is 2.20. The van der Waals surface area contributed by atoms with Crippen LogP contribution < -0.4 is 4.90 Å². The Morgan fingerprint density at radius 3 is 2.63 bits per heavy atom. The number of hydrogen-bond acceptors (Lipinski definition) is 3. The van der Waals surface area contributed by atoms with E-state index in [9.17, 15) is 5.26 Å². The second-order valence-corrected chi connectivity index (χ2v) is 5.04. The minimum Gasteiger partial charge on any atom is -0.367 e. The van der Waals surface area contributed by atoms with Gasteiger partial charge in [0.2, 0.25) is 5.69 Å². The Balaban J connectivity index is 2.62. The average molecular weight is 272 g/mol. The summed E-state index contributed by atoms with van der Waals surface area (Å²) in [6, 6.07) is 2.12. The summed E-state index contributed by atoms with van der Waals surface area (Å²) in [5, 5.41) is 9.20. The molecular weight excluding hydrogens is 256 g/mol. The highest BCUT2D eigenvalue weighted by molar-refractivity contribution is 7.71. The van der Waals surface area contributed by atoms with E-state index < -0.39 is 0 Å². The summed E-state index contributed by atoms with van der Waals surface area (Å²) in [5.41, 5.74) is 1.79. The standard InChI is InChI=1S/C14H16N4S/c1-3-10-11(9-15)14(19)17-13(12(10)16-2)18-7-5-4-6-8-18/h3-8H2,1H3,(H,17,19). The molecule has 1 aromatic rings. The minimum atomic E-state index is 0.448. The van der Waals surface area contributed by atoms with Crippen molar-refractivity contribution < 1.29 is 0 Å². The Morgan fingerprint density at radius 2 is 2.11 bits per heavy atom. The molecule has 0 amide bonds. The summed E-state index contributed by atoms with van der Waals surface area (Å²) in [6.45, 7) is 11.3. The molecule has 0 aromatic carbocycles. The fourth-order valence-electron chi connectivity index (χ4n) is 2.56. The number of nitrogens with zero attached hydrogens (tertiary/aromatic N) is 3. The van der Waals surface area contributed by atoms with Gasteiger partial charge in [-0.3, -0.25) is 0 Å². The molecule has 1 N–H and O–H groups in total. The number of anilines is 1. The van der Waals surface area contributed by atoms with Crippen LogP contribution in [0.3, 0.4) is 0 Å². The third-order valence-electron chi connectivity index (χ3n) is 3.52. The zero-order valence-corrected chi connectivity index (χ0v) is 11.8. The van der Waals surface area contributed by atoms with Crippen molar-refractivity contribution in [2.24, 2.45) is 0 Å². The lowest BCUT2D eigenvalue weighted by Gasteiger charge is -2.30. The lowest BCUT2D eigenvalue weighted by Crippen LogP contribution is -2.30. The lowest BCUT2D eigenvalue weighted by atomic mass is 10.0. The molecular formula is C14H16N4S. The SMILES string of the molecule is [C-]#[N+]c1c(N2CCCCC2)[nH]c(=S)c(C#N)c1CC. The molecule has 0 saturated carbocycles. The van der Waals surface area contributed by atoms with Crippen LogP contribution in [0.1, 0.15) is 37.3 Å². The molecule has 0 bridgehead atoms. The maximum Gasteiger partial charge on any atom is 0.230 e. The second kappa shape index (κ2) is 5.86. The smallest absolute Gasteiger partial charge is 0.230 e. The number of H-pyrrole nitrogens is 1. The van der Waals surface area contributed by atoms with Crippen molar-refractivity contribution in [1.82, 2.24) is 4.98 Å². The van der Waals surface area contributed by atoms with Crippen molar-refractivity contribution in [3.63, 3.8) is 0 Å². The Labute approximate surface area is 118 Å². The maximum absolute atomic E-state index is 9.20. The maximum atomic E-state index is 9.20. The van der Waals surface area contributed by atoms with Gasteiger partial charge >= 0.3 is 0 Å². The molecule has 5 heteroatoms. The zero-order valence-electron chi connectivity index (χ0n) is 11.0. The van der Waals surface area contributed by atoms with Crippen LogP contribution in [0.15, 0.2) is 0 Å². The number of piperidine rings is 1. The van der Waals surface area contributed by atoms with Crippen LogP contribution in [0.5, 0.6) is 0 Å². The lowest BCUT2D eigenvalue weighted by molar-refractivity contribution is 0.574. The van der Waals surface area contributed by atoms with Crippen LogP contribution in [0.4, 0.5) is 11.5 Å². The first-order valence-electron chi connectivity index (χ1n) is 6.54. The monoisotopic (exact) mass is 272 g/mol. The molecule has 1 aliphatic rings. The van der Waals surface area contributed by atoms with Gasteiger partial charge in [-0.05, 0) is 31.2 Å². The van der Waals surface area contributed by atoms with Crippen molar-refractivity contribution in [1.29, 1.82) is 5.26 Å². The van der Waals surface area contributed by atoms with Crippen molar-refractivity contribution in [2.75, 3.05) is 18.0 Å². The normalized spacial score (nSPS) is 14.8. The Kier molecular flexibility index (Phi) is 4.19. The highest BCUT2D eigenvalue weighted by atomic mass is 32.1. The van der Waals surface area contributed by atoms with E-state index in [1.54, 1.807) is 0 Å². The minimum absolute atomic E-state index is 0.448. The summed E-state index contributed by atoms with van der Waals surface area (Å²) >= 11 is 5.26. The summed E-state index contributed by atoms with van der Waals surface area (Å²) in [4.78, 5) is 8.93. The van der Waals surface area contributed by atoms with E-state index in [0.717, 1.165) is 37.3 Å². The first kappa shape index (κ1) is 13.6. The molecule has 0 atom stereocenters. The van der Waals surface area contributed by atoms with E-state index in [2.05, 4.69) is 20.8 Å². The quantitative estimate of drug-likeness (QED) is 0.659. The van der Waals surface area contributed by atoms with E-state index in [0.29, 0.717) is 22.3 Å². The third-order valence-corrected chi connectivity index (χ3v) is 3.83. The molecule has 1 aliphatic heterocycles. The van der Waals surface area contributed by atoms with E-state index in [1.807, 2.05) is 6.92 Å². The molecule has 0 spiro atoms. The van der Waals surface area contributed by atoms with Crippen LogP contribution in [0.25, 0.3) is 4.85 Å². The summed E-state index contributed by atoms with van der Waals surface area (Å²) in [5.74, 6) is 0.801. The summed E-state index contributed by atoms with van der Waals surface area (Å²) in [7, 11) is 0. The molecule has 1 saturated heterocycles. The Hall–Kier alpha value is -1.85. The molecule has 4 nitrogen and oxygen atoms in total. The van der Waals surface area contributed by atoms with Crippen LogP contribution in [0, 0.1) is 22.5 Å². The van der Waals surface area contributed by atoms with Gasteiger partial charge in [0.05, 0.1) is 12.1 Å². The zero-order chi connectivity index (χ0) is 13.8. The van der Waals surface area contributed by atoms with Crippen molar-refractivity contribution in [3.8, 4) is 6.07 Å². The van der Waals surface area contributed by atoms with E-state index in [4.69, 9.17) is 18.8 Å². The number of pyridine rings is 1. The number of aromatic amines is 1. The van der Waals surface area contributed by atoms with Gasteiger partial charge in [0.25, 0.3) is 0 Å². The first-order chi connectivity index (χ1) is 9.22. The second-order valence-electron chi connectivity index (χ2n) is 4.63. The molecule has 1 fully saturated rings. The number of nitrogens with one attached hydrogen (secondary N) is 1. The first-order valence-corrected chi connectivity index (χ1v) is 6.95. The van der Waals surface area contributed by atoms with E-state index in [1.165, 1.54) is 6.42 Å². The van der Waals surface area contributed by atoms with Gasteiger partial charge in [0.1, 0.15) is 16.5 Å². The predicted octanol–water partition coefficient (Wildman–Crippen LogP) is 3.72. The Bertz CT molecular complexity index is 612. The van der Waals surface area contributed by atoms with Gasteiger partial charge < -0.3 is 9.88 Å². The summed E-state index contributed by atoms with van der Waals surface area (Å²) in [6.07, 6.45) is 4.17. The molecule has 98 valence electrons. The van der Waals surface area contributed by atoms with Gasteiger partial charge in [-0.1, -0.05) is 19.1 Å². The van der Waals surface area contributed by atoms with Crippen LogP contribution in [-0.4, -0.2) is 18.1 Å². The van der Waals surface area contributed by atoms with Crippen LogP contribution in [-0.2, 0) is 6.42 Å². The van der Waals surface area contributed by atoms with Crippen molar-refractivity contribution in [3.05, 3.63) is 27.2 Å². The summed E-state index contributed by atoms with van der Waals surface area (Å²) < 4.78 is 0.451. The molecule has 0 unspecified atom stereocenters. The molecule has 2 rings (SSSR count). The highest BCUT2D eigenvalue weighted by Crippen LogP contribution is 2.34. The van der Waals surface area contributed by atoms with E-state index >= 15 is 0 Å². The number of nitriles is 1. The van der Waals surface area contributed by atoms with Crippen molar-refractivity contribution >= 4 is 23.7 Å². The Morgan fingerprint density at radius 1 is 1.42 bits per heavy atom. The molecule has 19 heavy (non-hydrogen) atoms. The van der Waals surface area contributed by atoms with Crippen molar-refractivity contribution in [2.45, 2.75) is 32.6 Å². The van der Waals surface area contributed by atoms with Gasteiger partial charge in [0, 0.05) is 13.1 Å². The van der Waals surface area contributed by atoms with Gasteiger partial charge in [-0.2, -0.15) is 5.26 Å². The fourth-order valence-corrected chi connectivity index (χ4v) is 2.82. The largest absolute Gasteiger partial charge is 0.367 e. The van der Waals surface area contributed by atoms with Crippen LogP contribution >= 0.6 is 12.2 Å². The molecule has 0 aliphatic carbocycles. The van der Waals surface area contributed by atoms with Crippen LogP contribution in [0.2, 0.25) is 0 Å². The number of hydrogen-bond donors (Lipinski definition) is 1. The molecule has 0 radical (unpaired) electrons. The average Bonchev–Trinajstić information content (AvgIpc) is 2.46. The number of aromatic nitrogens is 1. The molecule has 1 aromatic heterocycles.